The van der Waals surface area contributed by atoms with Gasteiger partial charge in [0.25, 0.3) is 0 Å². The normalized spacial score (nSPS) is 10.4. The van der Waals surface area contributed by atoms with Gasteiger partial charge in [-0.05, 0) is 30.7 Å². The molecule has 0 atom stereocenters. The first-order valence-corrected chi connectivity index (χ1v) is 6.17. The van der Waals surface area contributed by atoms with Crippen molar-refractivity contribution in [2.24, 2.45) is 0 Å². The lowest BCUT2D eigenvalue weighted by molar-refractivity contribution is 0.125. The fraction of sp³-hybridized carbons (Fsp3) is 0.385. The first-order chi connectivity index (χ1) is 7.77. The van der Waals surface area contributed by atoms with E-state index >= 15 is 0 Å². The Kier molecular flexibility index (Phi) is 6.38. The molecule has 0 saturated heterocycles. The molecule has 0 radical (unpaired) electrons. The molecule has 0 heterocycles. The molecule has 2 nitrogen and oxygen atoms in total. The molecule has 0 amide bonds. The average molecular weight is 284 g/mol. The van der Waals surface area contributed by atoms with Crippen molar-refractivity contribution in [3.63, 3.8) is 0 Å². The summed E-state index contributed by atoms with van der Waals surface area (Å²) in [5.74, 6) is 0. The maximum atomic E-state index is 5.52. The second kappa shape index (κ2) is 7.60. The van der Waals surface area contributed by atoms with Crippen molar-refractivity contribution in [2.45, 2.75) is 19.6 Å². The van der Waals surface area contributed by atoms with Crippen LogP contribution in [0.3, 0.4) is 0 Å². The molecule has 0 aliphatic heterocycles. The summed E-state index contributed by atoms with van der Waals surface area (Å²) >= 11 is 3.56. The van der Waals surface area contributed by atoms with Crippen LogP contribution in [-0.2, 0) is 17.9 Å². The highest BCUT2D eigenvalue weighted by Gasteiger charge is 2.01. The molecule has 1 aromatic rings. The Morgan fingerprint density at radius 3 is 2.94 bits per heavy atom. The average Bonchev–Trinajstić information content (AvgIpc) is 2.27. The Balaban J connectivity index is 2.50. The highest BCUT2D eigenvalue weighted by molar-refractivity contribution is 9.10. The molecule has 3 heteroatoms. The number of nitrogens with one attached hydrogen (secondary N) is 1. The van der Waals surface area contributed by atoms with Crippen LogP contribution in [-0.4, -0.2) is 13.7 Å². The number of benzene rings is 1. The molecule has 88 valence electrons. The third-order valence-corrected chi connectivity index (χ3v) is 2.96. The van der Waals surface area contributed by atoms with Gasteiger partial charge in [0.2, 0.25) is 0 Å². The molecule has 0 unspecified atom stereocenters. The lowest BCUT2D eigenvalue weighted by atomic mass is 10.1. The van der Waals surface area contributed by atoms with Crippen molar-refractivity contribution in [2.75, 3.05) is 13.7 Å². The molecular formula is C13H18BrNO. The van der Waals surface area contributed by atoms with E-state index in [1.807, 2.05) is 13.1 Å². The molecule has 0 aliphatic carbocycles. The van der Waals surface area contributed by atoms with Gasteiger partial charge in [-0.2, -0.15) is 0 Å². The Hall–Kier alpha value is -0.640. The van der Waals surface area contributed by atoms with E-state index in [2.05, 4.69) is 46.0 Å². The molecule has 0 aliphatic rings. The van der Waals surface area contributed by atoms with Gasteiger partial charge in [-0.25, -0.2) is 0 Å². The van der Waals surface area contributed by atoms with Crippen LogP contribution in [0.2, 0.25) is 0 Å². The van der Waals surface area contributed by atoms with Crippen LogP contribution in [0, 0.1) is 0 Å². The van der Waals surface area contributed by atoms with Crippen LogP contribution in [0.25, 0.3) is 0 Å². The van der Waals surface area contributed by atoms with E-state index < -0.39 is 0 Å². The highest BCUT2D eigenvalue weighted by atomic mass is 79.9. The zero-order chi connectivity index (χ0) is 11.8. The summed E-state index contributed by atoms with van der Waals surface area (Å²) in [5.41, 5.74) is 2.45. The summed E-state index contributed by atoms with van der Waals surface area (Å²) in [5, 5.41) is 3.13. The van der Waals surface area contributed by atoms with Gasteiger partial charge >= 0.3 is 0 Å². The van der Waals surface area contributed by atoms with E-state index in [0.717, 1.165) is 24.0 Å². The van der Waals surface area contributed by atoms with Gasteiger partial charge < -0.3 is 10.1 Å². The van der Waals surface area contributed by atoms with E-state index in [0.29, 0.717) is 6.61 Å². The van der Waals surface area contributed by atoms with Gasteiger partial charge in [-0.3, -0.25) is 0 Å². The fourth-order valence-electron chi connectivity index (χ4n) is 1.37. The molecule has 0 spiro atoms. The summed E-state index contributed by atoms with van der Waals surface area (Å²) in [7, 11) is 1.94. The van der Waals surface area contributed by atoms with Crippen molar-refractivity contribution in [1.82, 2.24) is 5.32 Å². The van der Waals surface area contributed by atoms with E-state index in [1.54, 1.807) is 0 Å². The van der Waals surface area contributed by atoms with Gasteiger partial charge in [0.05, 0.1) is 13.2 Å². The van der Waals surface area contributed by atoms with E-state index in [9.17, 15) is 0 Å². The minimum atomic E-state index is 0.647. The second-order valence-corrected chi connectivity index (χ2v) is 4.44. The van der Waals surface area contributed by atoms with Gasteiger partial charge in [0.1, 0.15) is 0 Å². The SMILES string of the molecule is C=CCCOCc1ccc(CNC)cc1Br. The molecular weight excluding hydrogens is 266 g/mol. The lowest BCUT2D eigenvalue weighted by Crippen LogP contribution is -2.05. The fourth-order valence-corrected chi connectivity index (χ4v) is 1.91. The van der Waals surface area contributed by atoms with Gasteiger partial charge in [-0.15, -0.1) is 6.58 Å². The minimum absolute atomic E-state index is 0.647. The molecule has 0 bridgehead atoms. The third-order valence-electron chi connectivity index (χ3n) is 2.22. The maximum absolute atomic E-state index is 5.52. The van der Waals surface area contributed by atoms with Crippen LogP contribution in [0.4, 0.5) is 0 Å². The van der Waals surface area contributed by atoms with Crippen LogP contribution >= 0.6 is 15.9 Å². The number of rotatable bonds is 7. The zero-order valence-corrected chi connectivity index (χ0v) is 11.2. The first kappa shape index (κ1) is 13.4. The van der Waals surface area contributed by atoms with Crippen molar-refractivity contribution in [3.05, 3.63) is 46.5 Å². The van der Waals surface area contributed by atoms with E-state index in [-0.39, 0.29) is 0 Å². The minimum Gasteiger partial charge on any atom is -0.376 e. The topological polar surface area (TPSA) is 21.3 Å². The largest absolute Gasteiger partial charge is 0.376 e. The smallest absolute Gasteiger partial charge is 0.0727 e. The predicted molar refractivity (Wildman–Crippen MR) is 71.4 cm³/mol. The molecule has 1 rings (SSSR count). The van der Waals surface area contributed by atoms with Crippen molar-refractivity contribution < 1.29 is 4.74 Å². The number of hydrogen-bond acceptors (Lipinski definition) is 2. The molecule has 1 aromatic carbocycles. The number of hydrogen-bond donors (Lipinski definition) is 1. The summed E-state index contributed by atoms with van der Waals surface area (Å²) < 4.78 is 6.63. The monoisotopic (exact) mass is 283 g/mol. The summed E-state index contributed by atoms with van der Waals surface area (Å²) in [6, 6.07) is 6.35. The van der Waals surface area contributed by atoms with Crippen molar-refractivity contribution >= 4 is 15.9 Å². The summed E-state index contributed by atoms with van der Waals surface area (Å²) in [6.07, 6.45) is 2.76. The molecule has 0 saturated carbocycles. The Morgan fingerprint density at radius 2 is 2.31 bits per heavy atom. The first-order valence-electron chi connectivity index (χ1n) is 5.38. The van der Waals surface area contributed by atoms with Crippen LogP contribution in [0.1, 0.15) is 17.5 Å². The quantitative estimate of drug-likeness (QED) is 0.613. The van der Waals surface area contributed by atoms with Gasteiger partial charge in [-0.1, -0.05) is 34.1 Å². The van der Waals surface area contributed by atoms with Crippen molar-refractivity contribution in [1.29, 1.82) is 0 Å². The van der Waals surface area contributed by atoms with Crippen LogP contribution in [0.5, 0.6) is 0 Å². The van der Waals surface area contributed by atoms with E-state index in [1.165, 1.54) is 11.1 Å². The maximum Gasteiger partial charge on any atom is 0.0727 e. The van der Waals surface area contributed by atoms with Crippen LogP contribution in [0.15, 0.2) is 35.3 Å². The molecule has 1 N–H and O–H groups in total. The molecule has 0 aromatic heterocycles. The Labute approximate surface area is 106 Å². The molecule has 16 heavy (non-hydrogen) atoms. The predicted octanol–water partition coefficient (Wildman–Crippen LogP) is 3.26. The second-order valence-electron chi connectivity index (χ2n) is 3.59. The van der Waals surface area contributed by atoms with Gasteiger partial charge in [0.15, 0.2) is 0 Å². The van der Waals surface area contributed by atoms with E-state index in [4.69, 9.17) is 4.74 Å². The Bertz CT molecular complexity index is 339. The van der Waals surface area contributed by atoms with Crippen LogP contribution < -0.4 is 5.32 Å². The van der Waals surface area contributed by atoms with Gasteiger partial charge in [0, 0.05) is 11.0 Å². The number of halogens is 1. The summed E-state index contributed by atoms with van der Waals surface area (Å²) in [6.45, 7) is 5.92. The summed E-state index contributed by atoms with van der Waals surface area (Å²) in [4.78, 5) is 0. The lowest BCUT2D eigenvalue weighted by Gasteiger charge is -2.07. The highest BCUT2D eigenvalue weighted by Crippen LogP contribution is 2.19. The number of ether oxygens (including phenoxy) is 1. The standard InChI is InChI=1S/C13H18BrNO/c1-3-4-7-16-10-12-6-5-11(9-15-2)8-13(12)14/h3,5-6,8,15H,1,4,7,9-10H2,2H3. The van der Waals surface area contributed by atoms with Crippen molar-refractivity contribution in [3.8, 4) is 0 Å². The molecule has 0 fully saturated rings. The third kappa shape index (κ3) is 4.47. The Morgan fingerprint density at radius 1 is 1.50 bits per heavy atom. The zero-order valence-electron chi connectivity index (χ0n) is 9.63.